The molecule has 0 aliphatic heterocycles. The molecule has 0 spiro atoms. The molecule has 0 aliphatic rings. The van der Waals surface area contributed by atoms with Crippen molar-refractivity contribution in [1.82, 2.24) is 19.8 Å². The van der Waals surface area contributed by atoms with Crippen LogP contribution in [0.4, 0.5) is 0 Å². The summed E-state index contributed by atoms with van der Waals surface area (Å²) in [7, 11) is 7.89. The topological polar surface area (TPSA) is 50.7 Å². The van der Waals surface area contributed by atoms with Gasteiger partial charge in [-0.1, -0.05) is 0 Å². The minimum atomic E-state index is -0.0242. The van der Waals surface area contributed by atoms with E-state index in [0.29, 0.717) is 0 Å². The molecule has 6 heteroatoms. The quantitative estimate of drug-likeness (QED) is 0.728. The third-order valence-corrected chi connectivity index (χ3v) is 3.79. The van der Waals surface area contributed by atoms with Gasteiger partial charge in [-0.15, -0.1) is 0 Å². The van der Waals surface area contributed by atoms with Gasteiger partial charge in [0.05, 0.1) is 11.4 Å². The monoisotopic (exact) mass is 330 g/mol. The molecule has 6 nitrogen and oxygen atoms in total. The van der Waals surface area contributed by atoms with Crippen molar-refractivity contribution in [3.05, 3.63) is 36.7 Å². The van der Waals surface area contributed by atoms with Crippen LogP contribution in [0.1, 0.15) is 13.8 Å². The summed E-state index contributed by atoms with van der Waals surface area (Å²) in [5.74, 6) is 1.52. The van der Waals surface area contributed by atoms with Gasteiger partial charge in [0.1, 0.15) is 24.0 Å². The largest absolute Gasteiger partial charge is 0.475 e. The summed E-state index contributed by atoms with van der Waals surface area (Å²) in [6.07, 6.45) is 3.41. The van der Waals surface area contributed by atoms with Gasteiger partial charge in [0, 0.05) is 24.5 Å². The zero-order chi connectivity index (χ0) is 17.7. The Bertz CT molecular complexity index is 603. The molecule has 0 bridgehead atoms. The summed E-state index contributed by atoms with van der Waals surface area (Å²) in [6.45, 7) is 3.99. The fourth-order valence-corrected chi connectivity index (χ4v) is 1.85. The summed E-state index contributed by atoms with van der Waals surface area (Å²) in [5, 5.41) is 0. The normalized spacial score (nSPS) is 13.8. The molecule has 24 heavy (non-hydrogen) atoms. The lowest BCUT2D eigenvalue weighted by Crippen LogP contribution is -2.30. The van der Waals surface area contributed by atoms with Crippen LogP contribution < -0.4 is 9.47 Å². The molecule has 0 aliphatic carbocycles. The Labute approximate surface area is 144 Å². The van der Waals surface area contributed by atoms with Crippen LogP contribution in [-0.2, 0) is 0 Å². The van der Waals surface area contributed by atoms with Gasteiger partial charge in [-0.2, -0.15) is 0 Å². The van der Waals surface area contributed by atoms with Crippen LogP contribution in [0.5, 0.6) is 11.5 Å². The summed E-state index contributed by atoms with van der Waals surface area (Å²) in [4.78, 5) is 12.8. The standard InChI is InChI=1S/C18H26N4O2/c1-13(21(3)4)23-15-7-9-19-17(11-15)18-12-16(8-10-20-18)24-14(2)22(5)6/h7-14H,1-6H3. The van der Waals surface area contributed by atoms with Gasteiger partial charge >= 0.3 is 0 Å². The third kappa shape index (κ3) is 4.91. The number of nitrogens with zero attached hydrogens (tertiary/aromatic N) is 4. The highest BCUT2D eigenvalue weighted by Gasteiger charge is 2.10. The van der Waals surface area contributed by atoms with Crippen LogP contribution >= 0.6 is 0 Å². The van der Waals surface area contributed by atoms with E-state index in [0.717, 1.165) is 22.9 Å². The zero-order valence-electron chi connectivity index (χ0n) is 15.2. The fraction of sp³-hybridized carbons (Fsp3) is 0.444. The molecule has 0 N–H and O–H groups in total. The van der Waals surface area contributed by atoms with Crippen molar-refractivity contribution in [1.29, 1.82) is 0 Å². The van der Waals surface area contributed by atoms with Crippen molar-refractivity contribution < 1.29 is 9.47 Å². The van der Waals surface area contributed by atoms with Crippen LogP contribution in [0.2, 0.25) is 0 Å². The highest BCUT2D eigenvalue weighted by atomic mass is 16.5. The van der Waals surface area contributed by atoms with Crippen molar-refractivity contribution in [2.75, 3.05) is 28.2 Å². The van der Waals surface area contributed by atoms with Crippen molar-refractivity contribution in [2.24, 2.45) is 0 Å². The molecule has 2 heterocycles. The molecule has 0 saturated carbocycles. The van der Waals surface area contributed by atoms with Crippen LogP contribution in [0.15, 0.2) is 36.7 Å². The summed E-state index contributed by atoms with van der Waals surface area (Å²) in [5.41, 5.74) is 1.50. The maximum absolute atomic E-state index is 5.88. The lowest BCUT2D eigenvalue weighted by atomic mass is 10.2. The van der Waals surface area contributed by atoms with Crippen molar-refractivity contribution in [3.63, 3.8) is 0 Å². The molecule has 2 unspecified atom stereocenters. The van der Waals surface area contributed by atoms with Crippen molar-refractivity contribution >= 4 is 0 Å². The number of hydrogen-bond donors (Lipinski definition) is 0. The van der Waals surface area contributed by atoms with Crippen molar-refractivity contribution in [2.45, 2.75) is 26.3 Å². The molecule has 130 valence electrons. The van der Waals surface area contributed by atoms with E-state index < -0.39 is 0 Å². The molecule has 0 aromatic carbocycles. The Balaban J connectivity index is 2.19. The molecule has 2 rings (SSSR count). The van der Waals surface area contributed by atoms with E-state index in [1.54, 1.807) is 12.4 Å². The SMILES string of the molecule is CC(Oc1ccnc(-c2cc(OC(C)N(C)C)ccn2)c1)N(C)C. The first-order chi connectivity index (χ1) is 11.4. The molecule has 0 amide bonds. The lowest BCUT2D eigenvalue weighted by Gasteiger charge is -2.22. The van der Waals surface area contributed by atoms with Gasteiger partial charge < -0.3 is 9.47 Å². The minimum absolute atomic E-state index is 0.0242. The van der Waals surface area contributed by atoms with Crippen molar-refractivity contribution in [3.8, 4) is 22.9 Å². The maximum Gasteiger partial charge on any atom is 0.149 e. The Morgan fingerprint density at radius 2 is 1.12 bits per heavy atom. The Hall–Kier alpha value is -2.18. The molecular weight excluding hydrogens is 304 g/mol. The van der Waals surface area contributed by atoms with E-state index in [1.165, 1.54) is 0 Å². The van der Waals surface area contributed by atoms with Gasteiger partial charge in [-0.3, -0.25) is 19.8 Å². The first-order valence-electron chi connectivity index (χ1n) is 7.95. The molecule has 2 aromatic rings. The van der Waals surface area contributed by atoms with E-state index >= 15 is 0 Å². The highest BCUT2D eigenvalue weighted by Crippen LogP contribution is 2.24. The van der Waals surface area contributed by atoms with E-state index in [4.69, 9.17) is 9.47 Å². The first kappa shape index (κ1) is 18.2. The number of pyridine rings is 2. The Kier molecular flexibility index (Phi) is 6.11. The van der Waals surface area contributed by atoms with E-state index in [-0.39, 0.29) is 12.5 Å². The van der Waals surface area contributed by atoms with Crippen LogP contribution in [0, 0.1) is 0 Å². The van der Waals surface area contributed by atoms with E-state index in [2.05, 4.69) is 9.97 Å². The third-order valence-electron chi connectivity index (χ3n) is 3.79. The zero-order valence-corrected chi connectivity index (χ0v) is 15.2. The molecule has 2 atom stereocenters. The second kappa shape index (κ2) is 8.08. The van der Waals surface area contributed by atoms with Gasteiger partial charge in [-0.05, 0) is 54.2 Å². The van der Waals surface area contributed by atoms with E-state index in [9.17, 15) is 0 Å². The Morgan fingerprint density at radius 1 is 0.750 bits per heavy atom. The molecule has 0 saturated heterocycles. The van der Waals surface area contributed by atoms with Gasteiger partial charge in [-0.25, -0.2) is 0 Å². The molecule has 0 fully saturated rings. The number of rotatable bonds is 7. The second-order valence-electron chi connectivity index (χ2n) is 6.12. The average Bonchev–Trinajstić information content (AvgIpc) is 2.55. The summed E-state index contributed by atoms with van der Waals surface area (Å²) in [6, 6.07) is 7.47. The summed E-state index contributed by atoms with van der Waals surface area (Å²) < 4.78 is 11.8. The maximum atomic E-state index is 5.88. The molecule has 2 aromatic heterocycles. The Morgan fingerprint density at radius 3 is 1.46 bits per heavy atom. The fourth-order valence-electron chi connectivity index (χ4n) is 1.85. The average molecular weight is 330 g/mol. The second-order valence-corrected chi connectivity index (χ2v) is 6.12. The van der Waals surface area contributed by atoms with Crippen LogP contribution in [0.25, 0.3) is 11.4 Å². The summed E-state index contributed by atoms with van der Waals surface area (Å²) >= 11 is 0. The first-order valence-corrected chi connectivity index (χ1v) is 7.95. The predicted octanol–water partition coefficient (Wildman–Crippen LogP) is 2.72. The predicted molar refractivity (Wildman–Crippen MR) is 95.0 cm³/mol. The van der Waals surface area contributed by atoms with Gasteiger partial charge in [0.25, 0.3) is 0 Å². The van der Waals surface area contributed by atoms with Crippen LogP contribution in [-0.4, -0.2) is 60.4 Å². The number of ether oxygens (including phenoxy) is 2. The van der Waals surface area contributed by atoms with E-state index in [1.807, 2.05) is 76.1 Å². The number of aromatic nitrogens is 2. The smallest absolute Gasteiger partial charge is 0.149 e. The minimum Gasteiger partial charge on any atom is -0.475 e. The highest BCUT2D eigenvalue weighted by molar-refractivity contribution is 5.57. The number of hydrogen-bond acceptors (Lipinski definition) is 6. The van der Waals surface area contributed by atoms with Gasteiger partial charge in [0.15, 0.2) is 0 Å². The lowest BCUT2D eigenvalue weighted by molar-refractivity contribution is 0.0812. The van der Waals surface area contributed by atoms with Gasteiger partial charge in [0.2, 0.25) is 0 Å². The van der Waals surface area contributed by atoms with Crippen LogP contribution in [0.3, 0.4) is 0 Å². The molecular formula is C18H26N4O2. The molecule has 0 radical (unpaired) electrons.